The Bertz CT molecular complexity index is 988. The standard InChI is InChI=1S/C21H20N4O2/c26-20-11-10-14-6-4-5-9-16(14)17(20)13-22-25-21(27)19-12-18(23-24-19)15-7-2-1-3-8-15/h1-11,13,18-19,23-24,26H,12H2,(H,25,27)/b22-13+. The smallest absolute Gasteiger partial charge is 0.258 e. The lowest BCUT2D eigenvalue weighted by atomic mass is 10.0. The Balaban J connectivity index is 1.42. The zero-order valence-electron chi connectivity index (χ0n) is 14.6. The summed E-state index contributed by atoms with van der Waals surface area (Å²) in [6.07, 6.45) is 2.11. The molecule has 3 aromatic carbocycles. The van der Waals surface area contributed by atoms with Gasteiger partial charge in [0.15, 0.2) is 0 Å². The average Bonchev–Trinajstić information content (AvgIpc) is 3.21. The predicted molar refractivity (Wildman–Crippen MR) is 105 cm³/mol. The van der Waals surface area contributed by atoms with Crippen molar-refractivity contribution in [3.8, 4) is 5.75 Å². The van der Waals surface area contributed by atoms with Crippen molar-refractivity contribution < 1.29 is 9.90 Å². The fraction of sp³-hybridized carbons (Fsp3) is 0.143. The van der Waals surface area contributed by atoms with E-state index in [1.165, 1.54) is 6.21 Å². The maximum Gasteiger partial charge on any atom is 0.258 e. The van der Waals surface area contributed by atoms with Crippen molar-refractivity contribution in [1.29, 1.82) is 0 Å². The molecule has 0 aromatic heterocycles. The van der Waals surface area contributed by atoms with Crippen LogP contribution in [0.2, 0.25) is 0 Å². The van der Waals surface area contributed by atoms with Crippen molar-refractivity contribution in [1.82, 2.24) is 16.3 Å². The summed E-state index contributed by atoms with van der Waals surface area (Å²) in [4.78, 5) is 12.4. The monoisotopic (exact) mass is 360 g/mol. The highest BCUT2D eigenvalue weighted by molar-refractivity contribution is 6.02. The Labute approximate surface area is 156 Å². The molecule has 1 amide bonds. The van der Waals surface area contributed by atoms with E-state index < -0.39 is 0 Å². The van der Waals surface area contributed by atoms with E-state index in [4.69, 9.17) is 0 Å². The summed E-state index contributed by atoms with van der Waals surface area (Å²) >= 11 is 0. The lowest BCUT2D eigenvalue weighted by Crippen LogP contribution is -2.41. The topological polar surface area (TPSA) is 85.8 Å². The van der Waals surface area contributed by atoms with Crippen LogP contribution < -0.4 is 16.3 Å². The maximum atomic E-state index is 12.4. The minimum absolute atomic E-state index is 0.0769. The number of benzene rings is 3. The van der Waals surface area contributed by atoms with Gasteiger partial charge in [0.25, 0.3) is 5.91 Å². The number of carbonyl (C=O) groups is 1. The Hall–Kier alpha value is -3.22. The van der Waals surface area contributed by atoms with Crippen molar-refractivity contribution in [3.63, 3.8) is 0 Å². The van der Waals surface area contributed by atoms with E-state index in [0.717, 1.165) is 16.3 Å². The third kappa shape index (κ3) is 3.67. The Morgan fingerprint density at radius 3 is 2.67 bits per heavy atom. The molecule has 1 fully saturated rings. The first-order valence-corrected chi connectivity index (χ1v) is 8.82. The number of nitrogens with zero attached hydrogens (tertiary/aromatic N) is 1. The minimum Gasteiger partial charge on any atom is -0.507 e. The largest absolute Gasteiger partial charge is 0.507 e. The summed E-state index contributed by atoms with van der Waals surface area (Å²) in [7, 11) is 0. The summed E-state index contributed by atoms with van der Waals surface area (Å²) < 4.78 is 0. The number of fused-ring (bicyclic) bond motifs is 1. The van der Waals surface area contributed by atoms with Crippen LogP contribution in [0.25, 0.3) is 10.8 Å². The number of carbonyl (C=O) groups excluding carboxylic acids is 1. The molecule has 1 saturated heterocycles. The van der Waals surface area contributed by atoms with Crippen LogP contribution in [0.3, 0.4) is 0 Å². The van der Waals surface area contributed by atoms with Gasteiger partial charge in [-0.25, -0.2) is 16.3 Å². The third-order valence-corrected chi connectivity index (χ3v) is 4.74. The van der Waals surface area contributed by atoms with Gasteiger partial charge in [-0.05, 0) is 28.8 Å². The van der Waals surface area contributed by atoms with Crippen LogP contribution in [0, 0.1) is 0 Å². The molecule has 3 aromatic rings. The molecule has 1 aliphatic heterocycles. The predicted octanol–water partition coefficient (Wildman–Crippen LogP) is 2.60. The van der Waals surface area contributed by atoms with Gasteiger partial charge >= 0.3 is 0 Å². The Kier molecular flexibility index (Phi) is 4.82. The first-order valence-electron chi connectivity index (χ1n) is 8.82. The van der Waals surface area contributed by atoms with E-state index in [1.807, 2.05) is 60.7 Å². The molecule has 4 rings (SSSR count). The number of hydrogen-bond acceptors (Lipinski definition) is 5. The highest BCUT2D eigenvalue weighted by Crippen LogP contribution is 2.25. The van der Waals surface area contributed by atoms with Gasteiger partial charge in [-0.2, -0.15) is 5.10 Å². The second-order valence-corrected chi connectivity index (χ2v) is 6.49. The van der Waals surface area contributed by atoms with Crippen molar-refractivity contribution in [2.75, 3.05) is 0 Å². The number of nitrogens with one attached hydrogen (secondary N) is 3. The lowest BCUT2D eigenvalue weighted by Gasteiger charge is -2.09. The van der Waals surface area contributed by atoms with Crippen LogP contribution in [0.1, 0.15) is 23.6 Å². The normalized spacial score (nSPS) is 19.6. The molecular formula is C21H20N4O2. The molecule has 6 nitrogen and oxygen atoms in total. The van der Waals surface area contributed by atoms with Gasteiger partial charge in [0.2, 0.25) is 0 Å². The quantitative estimate of drug-likeness (QED) is 0.426. The van der Waals surface area contributed by atoms with Gasteiger partial charge in [0, 0.05) is 11.6 Å². The minimum atomic E-state index is -0.381. The van der Waals surface area contributed by atoms with Crippen LogP contribution in [-0.4, -0.2) is 23.3 Å². The van der Waals surface area contributed by atoms with Crippen LogP contribution in [-0.2, 0) is 4.79 Å². The molecule has 0 spiro atoms. The SMILES string of the molecule is O=C(N/N=C/c1c(O)ccc2ccccc12)C1CC(c2ccccc2)NN1. The first-order chi connectivity index (χ1) is 13.2. The number of hydrogen-bond donors (Lipinski definition) is 4. The molecule has 27 heavy (non-hydrogen) atoms. The molecule has 1 aliphatic rings. The van der Waals surface area contributed by atoms with E-state index in [-0.39, 0.29) is 23.7 Å². The fourth-order valence-corrected chi connectivity index (χ4v) is 3.29. The maximum absolute atomic E-state index is 12.4. The first kappa shape index (κ1) is 17.2. The fourth-order valence-electron chi connectivity index (χ4n) is 3.29. The number of rotatable bonds is 4. The van der Waals surface area contributed by atoms with Crippen molar-refractivity contribution in [2.24, 2.45) is 5.10 Å². The van der Waals surface area contributed by atoms with Crippen LogP contribution in [0.4, 0.5) is 0 Å². The van der Waals surface area contributed by atoms with E-state index in [0.29, 0.717) is 12.0 Å². The molecule has 6 heteroatoms. The molecule has 2 unspecified atom stereocenters. The van der Waals surface area contributed by atoms with E-state index >= 15 is 0 Å². The van der Waals surface area contributed by atoms with E-state index in [1.54, 1.807) is 6.07 Å². The Morgan fingerprint density at radius 1 is 1.04 bits per heavy atom. The van der Waals surface area contributed by atoms with Gasteiger partial charge < -0.3 is 5.11 Å². The Morgan fingerprint density at radius 2 is 1.81 bits per heavy atom. The second kappa shape index (κ2) is 7.57. The van der Waals surface area contributed by atoms with E-state index in [9.17, 15) is 9.90 Å². The molecule has 0 bridgehead atoms. The number of phenolic OH excluding ortho intramolecular Hbond substituents is 1. The van der Waals surface area contributed by atoms with Gasteiger partial charge in [-0.15, -0.1) is 0 Å². The number of aromatic hydroxyl groups is 1. The van der Waals surface area contributed by atoms with Crippen molar-refractivity contribution >= 4 is 22.9 Å². The van der Waals surface area contributed by atoms with E-state index in [2.05, 4.69) is 21.4 Å². The average molecular weight is 360 g/mol. The molecular weight excluding hydrogens is 340 g/mol. The zero-order valence-corrected chi connectivity index (χ0v) is 14.6. The summed E-state index contributed by atoms with van der Waals surface area (Å²) in [5, 5.41) is 16.0. The number of hydrazone groups is 1. The third-order valence-electron chi connectivity index (χ3n) is 4.74. The molecule has 0 saturated carbocycles. The van der Waals surface area contributed by atoms with Crippen molar-refractivity contribution in [3.05, 3.63) is 77.9 Å². The van der Waals surface area contributed by atoms with Crippen LogP contribution >= 0.6 is 0 Å². The number of phenols is 1. The summed E-state index contributed by atoms with van der Waals surface area (Å²) in [6.45, 7) is 0. The highest BCUT2D eigenvalue weighted by atomic mass is 16.3. The molecule has 1 heterocycles. The lowest BCUT2D eigenvalue weighted by molar-refractivity contribution is -0.122. The molecule has 0 aliphatic carbocycles. The molecule has 0 radical (unpaired) electrons. The van der Waals surface area contributed by atoms with Crippen molar-refractivity contribution in [2.45, 2.75) is 18.5 Å². The summed E-state index contributed by atoms with van der Waals surface area (Å²) in [5.74, 6) is -0.103. The molecule has 136 valence electrons. The second-order valence-electron chi connectivity index (χ2n) is 6.49. The van der Waals surface area contributed by atoms with Gasteiger partial charge in [-0.1, -0.05) is 60.7 Å². The molecule has 4 N–H and O–H groups in total. The summed E-state index contributed by atoms with van der Waals surface area (Å²) in [5.41, 5.74) is 10.4. The number of hydrazine groups is 1. The van der Waals surface area contributed by atoms with Gasteiger partial charge in [-0.3, -0.25) is 4.79 Å². The van der Waals surface area contributed by atoms with Gasteiger partial charge in [0.1, 0.15) is 11.8 Å². The number of amides is 1. The van der Waals surface area contributed by atoms with Gasteiger partial charge in [0.05, 0.1) is 6.21 Å². The van der Waals surface area contributed by atoms with Crippen LogP contribution in [0.5, 0.6) is 5.75 Å². The highest BCUT2D eigenvalue weighted by Gasteiger charge is 2.29. The summed E-state index contributed by atoms with van der Waals surface area (Å²) in [6, 6.07) is 20.8. The van der Waals surface area contributed by atoms with Crippen LogP contribution in [0.15, 0.2) is 71.8 Å². The zero-order chi connectivity index (χ0) is 18.6. The molecule has 2 atom stereocenters.